The van der Waals surface area contributed by atoms with Crippen LogP contribution in [0.3, 0.4) is 0 Å². The smallest absolute Gasteiger partial charge is 0.417 e. The summed E-state index contributed by atoms with van der Waals surface area (Å²) in [5, 5.41) is 2.44. The molecule has 2 aromatic carbocycles. The molecule has 1 saturated heterocycles. The maximum atomic E-state index is 14.2. The Morgan fingerprint density at radius 1 is 1.21 bits per heavy atom. The second kappa shape index (κ2) is 9.69. The number of hydrogen-bond donors (Lipinski definition) is 2. The highest BCUT2D eigenvalue weighted by molar-refractivity contribution is 6.30. The summed E-state index contributed by atoms with van der Waals surface area (Å²) >= 11 is 5.75. The Morgan fingerprint density at radius 3 is 2.72 bits per heavy atom. The van der Waals surface area contributed by atoms with Crippen LogP contribution >= 0.6 is 11.6 Å². The summed E-state index contributed by atoms with van der Waals surface area (Å²) in [4.78, 5) is 47.1. The highest BCUT2D eigenvalue weighted by Crippen LogP contribution is 2.36. The zero-order valence-corrected chi connectivity index (χ0v) is 20.4. The van der Waals surface area contributed by atoms with E-state index in [1.807, 2.05) is 0 Å². The number of nitrogens with one attached hydrogen (secondary N) is 1. The van der Waals surface area contributed by atoms with Crippen LogP contribution in [0.1, 0.15) is 11.1 Å². The molecule has 1 atom stereocenters. The summed E-state index contributed by atoms with van der Waals surface area (Å²) in [5.41, 5.74) is 5.29. The number of imide groups is 1. The highest BCUT2D eigenvalue weighted by atomic mass is 35.5. The molecule has 0 unspecified atom stereocenters. The molecule has 4 aromatic rings. The van der Waals surface area contributed by atoms with Crippen molar-refractivity contribution in [3.63, 3.8) is 0 Å². The molecular weight excluding hydrogens is 548 g/mol. The van der Waals surface area contributed by atoms with Gasteiger partial charge in [-0.2, -0.15) is 13.2 Å². The maximum absolute atomic E-state index is 14.2. The van der Waals surface area contributed by atoms with Gasteiger partial charge >= 0.3 is 12.3 Å². The van der Waals surface area contributed by atoms with E-state index in [0.29, 0.717) is 4.90 Å². The van der Waals surface area contributed by atoms with Crippen LogP contribution < -0.4 is 11.1 Å². The van der Waals surface area contributed by atoms with E-state index in [9.17, 15) is 31.9 Å². The lowest BCUT2D eigenvalue weighted by atomic mass is 10.1. The Bertz CT molecular complexity index is 1660. The van der Waals surface area contributed by atoms with Crippen molar-refractivity contribution in [3.05, 3.63) is 64.7 Å². The van der Waals surface area contributed by atoms with Gasteiger partial charge in [-0.3, -0.25) is 9.59 Å². The van der Waals surface area contributed by atoms with Gasteiger partial charge in [0.2, 0.25) is 5.91 Å². The minimum atomic E-state index is -4.64. The molecule has 3 amide bonds. The predicted molar refractivity (Wildman–Crippen MR) is 130 cm³/mol. The van der Waals surface area contributed by atoms with E-state index in [2.05, 4.69) is 15.3 Å². The number of nitrogen functional groups attached to an aromatic ring is 1. The van der Waals surface area contributed by atoms with Gasteiger partial charge in [0.05, 0.1) is 21.5 Å². The molecule has 3 heterocycles. The number of carbonyl (C=O) groups is 3. The van der Waals surface area contributed by atoms with Crippen molar-refractivity contribution in [1.82, 2.24) is 24.8 Å². The van der Waals surface area contributed by atoms with E-state index in [1.54, 1.807) is 0 Å². The number of hydrogen-bond acceptors (Lipinski definition) is 7. The standard InChI is InChI=1S/C24H17ClF4N6O4/c25-14-3-1-2-11(19(14)26)7-31-22(37)16-9-39-23(38)35(16)17(36)8-34-15-5-4-12(24(27,28)29)6-13(15)18-20(30)32-10-33-21(18)34/h1-6,10,16H,7-9H2,(H,31,37)(H2,30,32,33)/t16-/m0/s1. The van der Waals surface area contributed by atoms with Gasteiger partial charge in [-0.05, 0) is 24.3 Å². The van der Waals surface area contributed by atoms with Gasteiger partial charge in [0.15, 0.2) is 6.04 Å². The van der Waals surface area contributed by atoms with Gasteiger partial charge in [-0.25, -0.2) is 24.1 Å². The van der Waals surface area contributed by atoms with Crippen molar-refractivity contribution >= 4 is 57.3 Å². The molecule has 3 N–H and O–H groups in total. The number of aromatic nitrogens is 3. The predicted octanol–water partition coefficient (Wildman–Crippen LogP) is 3.64. The number of fused-ring (bicyclic) bond motifs is 3. The number of rotatable bonds is 5. The van der Waals surface area contributed by atoms with Crippen LogP contribution in [0, 0.1) is 5.82 Å². The van der Waals surface area contributed by atoms with E-state index in [-0.39, 0.29) is 44.9 Å². The molecule has 1 aliphatic rings. The first-order valence-electron chi connectivity index (χ1n) is 11.3. The fraction of sp³-hybridized carbons (Fsp3) is 0.208. The third-order valence-electron chi connectivity index (χ3n) is 6.22. The summed E-state index contributed by atoms with van der Waals surface area (Å²) in [5.74, 6) is -2.53. The van der Waals surface area contributed by atoms with Crippen LogP contribution in [0.5, 0.6) is 0 Å². The fourth-order valence-corrected chi connectivity index (χ4v) is 4.56. The van der Waals surface area contributed by atoms with E-state index >= 15 is 0 Å². The summed E-state index contributed by atoms with van der Waals surface area (Å²) in [6.45, 7) is -1.32. The number of halogens is 5. The summed E-state index contributed by atoms with van der Waals surface area (Å²) in [6, 6.07) is 5.71. The van der Waals surface area contributed by atoms with Crippen LogP contribution in [0.4, 0.5) is 28.2 Å². The van der Waals surface area contributed by atoms with E-state index in [0.717, 1.165) is 24.5 Å². The van der Waals surface area contributed by atoms with Gasteiger partial charge in [0.1, 0.15) is 36.8 Å². The van der Waals surface area contributed by atoms with Gasteiger partial charge in [-0.15, -0.1) is 0 Å². The zero-order chi connectivity index (χ0) is 28.1. The Hall–Kier alpha value is -4.46. The highest BCUT2D eigenvalue weighted by Gasteiger charge is 2.42. The molecule has 5 rings (SSSR count). The number of benzene rings is 2. The Kier molecular flexibility index (Phi) is 6.50. The number of carbonyl (C=O) groups excluding carboxylic acids is 3. The minimum absolute atomic E-state index is 0.0487. The van der Waals surface area contributed by atoms with Crippen LogP contribution in [0.25, 0.3) is 21.9 Å². The Balaban J connectivity index is 1.44. The lowest BCUT2D eigenvalue weighted by molar-refractivity contribution is -0.137. The number of nitrogens with two attached hydrogens (primary N) is 1. The Morgan fingerprint density at radius 2 is 1.97 bits per heavy atom. The van der Waals surface area contributed by atoms with Crippen molar-refractivity contribution in [1.29, 1.82) is 0 Å². The third kappa shape index (κ3) is 4.67. The van der Waals surface area contributed by atoms with E-state index in [1.165, 1.54) is 22.8 Å². The lowest BCUT2D eigenvalue weighted by Crippen LogP contribution is -2.49. The quantitative estimate of drug-likeness (QED) is 0.354. The summed E-state index contributed by atoms with van der Waals surface area (Å²) in [7, 11) is 0. The van der Waals surface area contributed by atoms with Crippen LogP contribution in [-0.4, -0.2) is 50.0 Å². The maximum Gasteiger partial charge on any atom is 0.417 e. The minimum Gasteiger partial charge on any atom is -0.446 e. The summed E-state index contributed by atoms with van der Waals surface area (Å²) < 4.78 is 60.5. The van der Waals surface area contributed by atoms with Crippen molar-refractivity contribution < 1.29 is 36.7 Å². The monoisotopic (exact) mass is 564 g/mol. The van der Waals surface area contributed by atoms with E-state index in [4.69, 9.17) is 22.1 Å². The number of alkyl halides is 3. The van der Waals surface area contributed by atoms with Crippen molar-refractivity contribution in [2.24, 2.45) is 0 Å². The molecule has 10 nitrogen and oxygen atoms in total. The molecule has 39 heavy (non-hydrogen) atoms. The molecule has 1 aliphatic heterocycles. The average Bonchev–Trinajstić information content (AvgIpc) is 3.42. The van der Waals surface area contributed by atoms with Crippen molar-refractivity contribution in [2.45, 2.75) is 25.3 Å². The molecule has 0 spiro atoms. The molecule has 2 aromatic heterocycles. The van der Waals surface area contributed by atoms with Gasteiger partial charge in [0.25, 0.3) is 5.91 Å². The zero-order valence-electron chi connectivity index (χ0n) is 19.6. The second-order valence-electron chi connectivity index (χ2n) is 8.56. The molecule has 0 bridgehead atoms. The molecule has 15 heteroatoms. The third-order valence-corrected chi connectivity index (χ3v) is 6.51. The first-order chi connectivity index (χ1) is 18.5. The topological polar surface area (TPSA) is 132 Å². The van der Waals surface area contributed by atoms with Crippen LogP contribution in [0.2, 0.25) is 5.02 Å². The number of ether oxygens (including phenoxy) is 1. The molecule has 202 valence electrons. The number of anilines is 1. The molecule has 0 aliphatic carbocycles. The second-order valence-corrected chi connectivity index (χ2v) is 8.97. The molecule has 1 fully saturated rings. The van der Waals surface area contributed by atoms with E-state index < -0.39 is 54.7 Å². The Labute approximate surface area is 221 Å². The first-order valence-corrected chi connectivity index (χ1v) is 11.6. The van der Waals surface area contributed by atoms with Gasteiger partial charge < -0.3 is 20.4 Å². The number of cyclic esters (lactones) is 1. The molecule has 0 saturated carbocycles. The van der Waals surface area contributed by atoms with Crippen molar-refractivity contribution in [2.75, 3.05) is 12.3 Å². The van der Waals surface area contributed by atoms with Crippen LogP contribution in [0.15, 0.2) is 42.7 Å². The molecular formula is C24H17ClF4N6O4. The first kappa shape index (κ1) is 26.2. The molecule has 0 radical (unpaired) electrons. The normalized spacial score (nSPS) is 15.7. The lowest BCUT2D eigenvalue weighted by Gasteiger charge is -2.20. The largest absolute Gasteiger partial charge is 0.446 e. The average molecular weight is 565 g/mol. The summed E-state index contributed by atoms with van der Waals surface area (Å²) in [6.07, 6.45) is -4.66. The number of nitrogens with zero attached hydrogens (tertiary/aromatic N) is 4. The van der Waals surface area contributed by atoms with Gasteiger partial charge in [-0.1, -0.05) is 23.7 Å². The van der Waals surface area contributed by atoms with Gasteiger partial charge in [0, 0.05) is 17.5 Å². The van der Waals surface area contributed by atoms with Crippen molar-refractivity contribution in [3.8, 4) is 0 Å². The fourth-order valence-electron chi connectivity index (χ4n) is 4.36. The SMILES string of the molecule is Nc1ncnc2c1c1cc(C(F)(F)F)ccc1n2CC(=O)N1C(=O)OC[C@H]1C(=O)NCc1cccc(Cl)c1F. The van der Waals surface area contributed by atoms with Crippen LogP contribution in [-0.2, 0) is 33.6 Å². The number of amides is 3.